The molecule has 2 saturated heterocycles. The quantitative estimate of drug-likeness (QED) is 0.418. The zero-order valence-corrected chi connectivity index (χ0v) is 9.17. The Bertz CT molecular complexity index is 275. The van der Waals surface area contributed by atoms with Gasteiger partial charge < -0.3 is 25.3 Å². The van der Waals surface area contributed by atoms with Crippen LogP contribution in [0.2, 0.25) is 0 Å². The Morgan fingerprint density at radius 2 is 2.00 bits per heavy atom. The number of nitrogens with zero attached hydrogens (tertiary/aromatic N) is 1. The van der Waals surface area contributed by atoms with E-state index in [9.17, 15) is 19.9 Å². The molecule has 0 unspecified atom stereocenters. The van der Waals surface area contributed by atoms with Crippen LogP contribution in [0.15, 0.2) is 0 Å². The van der Waals surface area contributed by atoms with Crippen molar-refractivity contribution in [1.82, 2.24) is 10.2 Å². The Hall–Kier alpha value is -0.625. The Kier molecular flexibility index (Phi) is 3.21. The number of nitrogens with one attached hydrogen (secondary N) is 1. The first kappa shape index (κ1) is 11.8. The normalized spacial score (nSPS) is 31.1. The van der Waals surface area contributed by atoms with Crippen LogP contribution in [0, 0.1) is 0 Å². The molecule has 16 heavy (non-hydrogen) atoms. The molecule has 2 heterocycles. The molecule has 6 nitrogen and oxygen atoms in total. The van der Waals surface area contributed by atoms with Gasteiger partial charge in [-0.15, -0.1) is 0 Å². The summed E-state index contributed by atoms with van der Waals surface area (Å²) in [5.41, 5.74) is 0. The summed E-state index contributed by atoms with van der Waals surface area (Å²) in [6.07, 6.45) is 2.89. The molecule has 2 atom stereocenters. The lowest BCUT2D eigenvalue weighted by Crippen LogP contribution is -2.59. The molecule has 4 N–H and O–H groups in total. The highest BCUT2D eigenvalue weighted by molar-refractivity contribution is 6.58. The maximum absolute atomic E-state index is 12.0. The van der Waals surface area contributed by atoms with E-state index in [0.29, 0.717) is 19.4 Å². The van der Waals surface area contributed by atoms with Crippen molar-refractivity contribution in [2.24, 2.45) is 0 Å². The maximum atomic E-state index is 12.0. The second kappa shape index (κ2) is 4.33. The number of carbonyl (C=O) groups excluding carboxylic acids is 1. The van der Waals surface area contributed by atoms with Crippen molar-refractivity contribution in [3.63, 3.8) is 0 Å². The molecular formula is C9H18BN2O4-. The van der Waals surface area contributed by atoms with Crippen LogP contribution in [0.25, 0.3) is 0 Å². The summed E-state index contributed by atoms with van der Waals surface area (Å²) in [4.78, 5) is 13.5. The lowest BCUT2D eigenvalue weighted by Gasteiger charge is -2.37. The Morgan fingerprint density at radius 1 is 1.25 bits per heavy atom. The second-order valence-corrected chi connectivity index (χ2v) is 4.68. The van der Waals surface area contributed by atoms with Crippen LogP contribution in [0.3, 0.4) is 0 Å². The molecule has 2 aliphatic rings. The molecule has 0 aliphatic carbocycles. The van der Waals surface area contributed by atoms with Gasteiger partial charge in [-0.3, -0.25) is 4.79 Å². The minimum absolute atomic E-state index is 0.122. The van der Waals surface area contributed by atoms with E-state index < -0.39 is 12.7 Å². The van der Waals surface area contributed by atoms with Crippen molar-refractivity contribution in [3.05, 3.63) is 0 Å². The topological polar surface area (TPSA) is 93.0 Å². The molecule has 1 amide bonds. The fourth-order valence-electron chi connectivity index (χ4n) is 2.63. The molecule has 2 rings (SSSR count). The molecule has 0 aromatic carbocycles. The van der Waals surface area contributed by atoms with E-state index in [1.807, 2.05) is 0 Å². The van der Waals surface area contributed by atoms with Gasteiger partial charge in [0.15, 0.2) is 0 Å². The lowest BCUT2D eigenvalue weighted by atomic mass is 9.68. The predicted molar refractivity (Wildman–Crippen MR) is 58.2 cm³/mol. The van der Waals surface area contributed by atoms with Gasteiger partial charge in [0.05, 0.1) is 6.04 Å². The zero-order chi connectivity index (χ0) is 11.8. The third-order valence-corrected chi connectivity index (χ3v) is 3.46. The molecule has 2 aliphatic heterocycles. The smallest absolute Gasteiger partial charge is 0.394 e. The fraction of sp³-hybridized carbons (Fsp3) is 0.889. The second-order valence-electron chi connectivity index (χ2n) is 4.68. The van der Waals surface area contributed by atoms with Gasteiger partial charge in [-0.1, -0.05) is 6.42 Å². The van der Waals surface area contributed by atoms with Gasteiger partial charge in [-0.2, -0.15) is 0 Å². The Labute approximate surface area is 94.3 Å². The van der Waals surface area contributed by atoms with Gasteiger partial charge in [0, 0.05) is 6.54 Å². The summed E-state index contributed by atoms with van der Waals surface area (Å²) >= 11 is 0. The van der Waals surface area contributed by atoms with E-state index in [1.54, 1.807) is 0 Å². The number of amides is 1. The Morgan fingerprint density at radius 3 is 2.56 bits per heavy atom. The summed E-state index contributed by atoms with van der Waals surface area (Å²) in [6, 6.07) is -0.223. The van der Waals surface area contributed by atoms with E-state index in [0.717, 1.165) is 19.4 Å². The van der Waals surface area contributed by atoms with Crippen LogP contribution in [0.4, 0.5) is 0 Å². The van der Waals surface area contributed by atoms with Crippen molar-refractivity contribution in [1.29, 1.82) is 0 Å². The highest BCUT2D eigenvalue weighted by atomic mass is 16.5. The lowest BCUT2D eigenvalue weighted by molar-refractivity contribution is -0.133. The molecule has 92 valence electrons. The van der Waals surface area contributed by atoms with Crippen LogP contribution < -0.4 is 5.32 Å². The minimum Gasteiger partial charge on any atom is -0.558 e. The number of hydrogen-bond donors (Lipinski definition) is 4. The summed E-state index contributed by atoms with van der Waals surface area (Å²) < 4.78 is 0. The first-order valence-electron chi connectivity index (χ1n) is 5.86. The van der Waals surface area contributed by atoms with E-state index in [4.69, 9.17) is 0 Å². The molecule has 0 bridgehead atoms. The van der Waals surface area contributed by atoms with Crippen LogP contribution in [0.5, 0.6) is 0 Å². The largest absolute Gasteiger partial charge is 0.558 e. The number of likely N-dealkylation sites (tertiary alicyclic amines) is 1. The number of carbonyl (C=O) groups is 1. The molecule has 2 fully saturated rings. The van der Waals surface area contributed by atoms with E-state index in [2.05, 4.69) is 5.32 Å². The highest BCUT2D eigenvalue weighted by Crippen LogP contribution is 2.23. The van der Waals surface area contributed by atoms with Crippen LogP contribution in [0.1, 0.15) is 25.7 Å². The van der Waals surface area contributed by atoms with Crippen LogP contribution in [-0.4, -0.2) is 57.7 Å². The molecule has 0 aromatic heterocycles. The van der Waals surface area contributed by atoms with E-state index in [1.165, 1.54) is 4.90 Å². The van der Waals surface area contributed by atoms with E-state index in [-0.39, 0.29) is 11.9 Å². The van der Waals surface area contributed by atoms with Crippen molar-refractivity contribution >= 4 is 12.7 Å². The molecular weight excluding hydrogens is 211 g/mol. The average Bonchev–Trinajstić information content (AvgIpc) is 2.87. The van der Waals surface area contributed by atoms with Gasteiger partial charge in [0.1, 0.15) is 0 Å². The molecule has 0 radical (unpaired) electrons. The summed E-state index contributed by atoms with van der Waals surface area (Å²) in [5, 5.41) is 30.8. The van der Waals surface area contributed by atoms with Gasteiger partial charge in [-0.05, 0) is 31.7 Å². The van der Waals surface area contributed by atoms with Crippen LogP contribution >= 0.6 is 0 Å². The third-order valence-electron chi connectivity index (χ3n) is 3.46. The first-order valence-corrected chi connectivity index (χ1v) is 5.86. The predicted octanol–water partition coefficient (Wildman–Crippen LogP) is -1.82. The maximum Gasteiger partial charge on any atom is 0.394 e. The molecule has 0 saturated carbocycles. The van der Waals surface area contributed by atoms with E-state index >= 15 is 0 Å². The molecule has 7 heteroatoms. The van der Waals surface area contributed by atoms with Gasteiger partial charge >= 0.3 is 6.75 Å². The van der Waals surface area contributed by atoms with Gasteiger partial charge in [-0.25, -0.2) is 0 Å². The number of hydrogen-bond acceptors (Lipinski definition) is 5. The Balaban J connectivity index is 2.04. The summed E-state index contributed by atoms with van der Waals surface area (Å²) in [7, 11) is 0. The van der Waals surface area contributed by atoms with Crippen molar-refractivity contribution in [3.8, 4) is 0 Å². The van der Waals surface area contributed by atoms with Crippen LogP contribution in [-0.2, 0) is 4.79 Å². The first-order chi connectivity index (χ1) is 7.50. The molecule has 0 spiro atoms. The standard InChI is InChI=1S/C9H18BN2O4/c13-9(7-3-1-5-11-7)12-6-2-4-8(12)10(14,15)16/h7-8,11,14-16H,1-6H2/q-1/t7-,8-/m0/s1. The van der Waals surface area contributed by atoms with Crippen molar-refractivity contribution < 1.29 is 19.9 Å². The SMILES string of the molecule is O=C([C@@H]1CCCN1)N1CCC[C@H]1[B-](O)(O)O. The van der Waals surface area contributed by atoms with Gasteiger partial charge in [0.25, 0.3) is 0 Å². The summed E-state index contributed by atoms with van der Waals surface area (Å²) in [5.74, 6) is -0.960. The zero-order valence-electron chi connectivity index (χ0n) is 9.17. The number of rotatable bonds is 2. The average molecular weight is 229 g/mol. The van der Waals surface area contributed by atoms with Crippen molar-refractivity contribution in [2.75, 3.05) is 13.1 Å². The van der Waals surface area contributed by atoms with Gasteiger partial charge in [0.2, 0.25) is 5.91 Å². The monoisotopic (exact) mass is 229 g/mol. The molecule has 0 aromatic rings. The van der Waals surface area contributed by atoms with Crippen molar-refractivity contribution in [2.45, 2.75) is 37.7 Å². The summed E-state index contributed by atoms with van der Waals surface area (Å²) in [6.45, 7) is -2.12. The fourth-order valence-corrected chi connectivity index (χ4v) is 2.63. The minimum atomic E-state index is -3.43. The highest BCUT2D eigenvalue weighted by Gasteiger charge is 2.41. The third kappa shape index (κ3) is 2.22.